The zero-order valence-corrected chi connectivity index (χ0v) is 10.8. The standard InChI is InChI=1S/2C8H14/c2*1-2-4-6-8-7-5-3-1/h2*1-2H,3-8H2. The summed E-state index contributed by atoms with van der Waals surface area (Å²) in [5.41, 5.74) is 0. The van der Waals surface area contributed by atoms with E-state index in [1.165, 1.54) is 77.0 Å². The van der Waals surface area contributed by atoms with Crippen molar-refractivity contribution < 1.29 is 0 Å². The molecule has 0 aromatic heterocycles. The number of hydrogen-bond acceptors (Lipinski definition) is 0. The van der Waals surface area contributed by atoms with E-state index < -0.39 is 0 Å². The largest absolute Gasteiger partial charge is 0.0885 e. The highest BCUT2D eigenvalue weighted by atomic mass is 14.0. The first-order valence-corrected chi connectivity index (χ1v) is 7.30. The van der Waals surface area contributed by atoms with Crippen molar-refractivity contribution in [3.63, 3.8) is 0 Å². The van der Waals surface area contributed by atoms with Crippen LogP contribution >= 0.6 is 0 Å². The van der Waals surface area contributed by atoms with Crippen molar-refractivity contribution >= 4 is 0 Å². The van der Waals surface area contributed by atoms with Crippen molar-refractivity contribution in [1.29, 1.82) is 0 Å². The lowest BCUT2D eigenvalue weighted by molar-refractivity contribution is 0.638. The first kappa shape index (κ1) is 13.5. The van der Waals surface area contributed by atoms with Gasteiger partial charge in [-0.2, -0.15) is 0 Å². The van der Waals surface area contributed by atoms with Gasteiger partial charge in [-0.1, -0.05) is 50.0 Å². The fourth-order valence-corrected chi connectivity index (χ4v) is 2.23. The van der Waals surface area contributed by atoms with Crippen molar-refractivity contribution in [2.45, 2.75) is 77.0 Å². The molecule has 0 spiro atoms. The van der Waals surface area contributed by atoms with Gasteiger partial charge >= 0.3 is 0 Å². The average Bonchev–Trinajstić information content (AvgIpc) is 2.15. The zero-order valence-electron chi connectivity index (χ0n) is 10.8. The number of hydrogen-bond donors (Lipinski definition) is 0. The highest BCUT2D eigenvalue weighted by Crippen LogP contribution is 2.10. The molecule has 92 valence electrons. The van der Waals surface area contributed by atoms with E-state index in [-0.39, 0.29) is 0 Å². The van der Waals surface area contributed by atoms with E-state index in [1.54, 1.807) is 0 Å². The van der Waals surface area contributed by atoms with E-state index in [4.69, 9.17) is 0 Å². The van der Waals surface area contributed by atoms with E-state index >= 15 is 0 Å². The van der Waals surface area contributed by atoms with E-state index in [0.717, 1.165) is 0 Å². The Morgan fingerprint density at radius 1 is 0.312 bits per heavy atom. The van der Waals surface area contributed by atoms with Gasteiger partial charge in [0.2, 0.25) is 0 Å². The summed E-state index contributed by atoms with van der Waals surface area (Å²) in [5, 5.41) is 0. The molecule has 0 aromatic carbocycles. The van der Waals surface area contributed by atoms with Crippen LogP contribution in [0.15, 0.2) is 24.3 Å². The molecule has 16 heavy (non-hydrogen) atoms. The summed E-state index contributed by atoms with van der Waals surface area (Å²) < 4.78 is 0. The summed E-state index contributed by atoms with van der Waals surface area (Å²) in [6.07, 6.45) is 26.0. The Hall–Kier alpha value is -0.520. The van der Waals surface area contributed by atoms with Crippen LogP contribution in [0.3, 0.4) is 0 Å². The fourth-order valence-electron chi connectivity index (χ4n) is 2.23. The van der Waals surface area contributed by atoms with Crippen molar-refractivity contribution in [1.82, 2.24) is 0 Å². The summed E-state index contributed by atoms with van der Waals surface area (Å²) in [6.45, 7) is 0. The monoisotopic (exact) mass is 220 g/mol. The lowest BCUT2D eigenvalue weighted by Crippen LogP contribution is -1.80. The van der Waals surface area contributed by atoms with Crippen molar-refractivity contribution in [2.24, 2.45) is 0 Å². The molecular formula is C16H28. The molecule has 0 nitrogen and oxygen atoms in total. The number of rotatable bonds is 0. The van der Waals surface area contributed by atoms with Crippen LogP contribution in [0, 0.1) is 0 Å². The minimum absolute atomic E-state index is 1.32. The van der Waals surface area contributed by atoms with Crippen molar-refractivity contribution in [3.05, 3.63) is 24.3 Å². The van der Waals surface area contributed by atoms with Gasteiger partial charge in [0.15, 0.2) is 0 Å². The van der Waals surface area contributed by atoms with Crippen LogP contribution in [0.25, 0.3) is 0 Å². The molecule has 0 unspecified atom stereocenters. The zero-order chi connectivity index (χ0) is 11.3. The third-order valence-electron chi connectivity index (χ3n) is 3.32. The van der Waals surface area contributed by atoms with Crippen LogP contribution < -0.4 is 0 Å². The molecule has 2 rings (SSSR count). The lowest BCUT2D eigenvalue weighted by Gasteiger charge is -2.00. The van der Waals surface area contributed by atoms with Gasteiger partial charge in [-0.15, -0.1) is 0 Å². The quantitative estimate of drug-likeness (QED) is 0.453. The van der Waals surface area contributed by atoms with Crippen molar-refractivity contribution in [2.75, 3.05) is 0 Å². The second-order valence-electron chi connectivity index (χ2n) is 4.93. The average molecular weight is 220 g/mol. The van der Waals surface area contributed by atoms with Gasteiger partial charge in [0.25, 0.3) is 0 Å². The van der Waals surface area contributed by atoms with E-state index in [2.05, 4.69) is 24.3 Å². The Morgan fingerprint density at radius 2 is 0.562 bits per heavy atom. The van der Waals surface area contributed by atoms with Crippen LogP contribution in [0.2, 0.25) is 0 Å². The predicted octanol–water partition coefficient (Wildman–Crippen LogP) is 5.79. The van der Waals surface area contributed by atoms with Gasteiger partial charge < -0.3 is 0 Å². The first-order chi connectivity index (χ1) is 8.00. The number of allylic oxidation sites excluding steroid dienone is 4. The normalized spacial score (nSPS) is 22.0. The molecule has 0 saturated heterocycles. The summed E-state index contributed by atoms with van der Waals surface area (Å²) >= 11 is 0. The fraction of sp³-hybridized carbons (Fsp3) is 0.750. The Labute approximate surface area is 102 Å². The molecule has 0 aromatic rings. The molecular weight excluding hydrogens is 192 g/mol. The van der Waals surface area contributed by atoms with Crippen LogP contribution in [0.1, 0.15) is 77.0 Å². The Bertz CT molecular complexity index is 146. The Kier molecular flexibility index (Phi) is 9.30. The molecule has 0 bridgehead atoms. The molecule has 0 heterocycles. The molecule has 0 atom stereocenters. The minimum atomic E-state index is 1.32. The summed E-state index contributed by atoms with van der Waals surface area (Å²) in [6, 6.07) is 0. The molecule has 0 amide bonds. The molecule has 0 radical (unpaired) electrons. The maximum Gasteiger partial charge on any atom is -0.0351 e. The van der Waals surface area contributed by atoms with Gasteiger partial charge in [-0.05, 0) is 51.4 Å². The Morgan fingerprint density at radius 3 is 0.812 bits per heavy atom. The molecule has 2 aliphatic carbocycles. The molecule has 0 saturated carbocycles. The third kappa shape index (κ3) is 8.76. The third-order valence-corrected chi connectivity index (χ3v) is 3.32. The smallest absolute Gasteiger partial charge is 0.0351 e. The van der Waals surface area contributed by atoms with Gasteiger partial charge in [0.05, 0.1) is 0 Å². The summed E-state index contributed by atoms with van der Waals surface area (Å²) in [7, 11) is 0. The van der Waals surface area contributed by atoms with E-state index in [1.807, 2.05) is 0 Å². The molecule has 0 heteroatoms. The highest BCUT2D eigenvalue weighted by molar-refractivity contribution is 4.83. The van der Waals surface area contributed by atoms with Gasteiger partial charge in [-0.3, -0.25) is 0 Å². The van der Waals surface area contributed by atoms with Crippen molar-refractivity contribution in [3.8, 4) is 0 Å². The SMILES string of the molecule is C1=CCCCCCC1.C1=CCCCCCC1. The van der Waals surface area contributed by atoms with Gasteiger partial charge in [0.1, 0.15) is 0 Å². The van der Waals surface area contributed by atoms with Crippen LogP contribution in [0.5, 0.6) is 0 Å². The predicted molar refractivity (Wildman–Crippen MR) is 73.7 cm³/mol. The summed E-state index contributed by atoms with van der Waals surface area (Å²) in [4.78, 5) is 0. The second-order valence-corrected chi connectivity index (χ2v) is 4.93. The van der Waals surface area contributed by atoms with Crippen LogP contribution in [-0.4, -0.2) is 0 Å². The highest BCUT2D eigenvalue weighted by Gasteiger charge is 1.90. The maximum absolute atomic E-state index is 2.32. The van der Waals surface area contributed by atoms with Gasteiger partial charge in [-0.25, -0.2) is 0 Å². The van der Waals surface area contributed by atoms with Crippen LogP contribution in [-0.2, 0) is 0 Å². The first-order valence-electron chi connectivity index (χ1n) is 7.30. The minimum Gasteiger partial charge on any atom is -0.0885 e. The second kappa shape index (κ2) is 11.0. The van der Waals surface area contributed by atoms with Gasteiger partial charge in [0, 0.05) is 0 Å². The van der Waals surface area contributed by atoms with E-state index in [9.17, 15) is 0 Å². The Balaban J connectivity index is 0.000000160. The lowest BCUT2D eigenvalue weighted by atomic mass is 10.1. The van der Waals surface area contributed by atoms with Crippen LogP contribution in [0.4, 0.5) is 0 Å². The molecule has 0 N–H and O–H groups in total. The molecule has 0 fully saturated rings. The maximum atomic E-state index is 2.32. The topological polar surface area (TPSA) is 0 Å². The molecule has 2 aliphatic rings. The molecule has 0 aliphatic heterocycles. The summed E-state index contributed by atoms with van der Waals surface area (Å²) in [5.74, 6) is 0. The van der Waals surface area contributed by atoms with E-state index in [0.29, 0.717) is 0 Å².